The summed E-state index contributed by atoms with van der Waals surface area (Å²) >= 11 is 0. The normalized spacial score (nSPS) is 10.5. The summed E-state index contributed by atoms with van der Waals surface area (Å²) in [5.74, 6) is -0.262. The largest absolute Gasteiger partial charge is 0.326 e. The summed E-state index contributed by atoms with van der Waals surface area (Å²) in [5, 5.41) is 0. The van der Waals surface area contributed by atoms with Gasteiger partial charge in [0, 0.05) is 18.7 Å². The molecule has 3 heteroatoms. The fraction of sp³-hybridized carbons (Fsp3) is 0.143. The van der Waals surface area contributed by atoms with Crippen LogP contribution in [0.25, 0.3) is 11.1 Å². The Hall–Kier alpha value is -1.71. The highest BCUT2D eigenvalue weighted by molar-refractivity contribution is 5.68. The van der Waals surface area contributed by atoms with Crippen molar-refractivity contribution in [2.75, 3.05) is 0 Å². The number of nitrogens with two attached hydrogens (primary N) is 2. The average molecular weight is 229 g/mol. The monoisotopic (exact) mass is 229 g/mol. The van der Waals surface area contributed by atoms with Crippen LogP contribution in [0.4, 0.5) is 4.39 Å². The van der Waals surface area contributed by atoms with Crippen molar-refractivity contribution in [2.24, 2.45) is 11.5 Å². The van der Waals surface area contributed by atoms with Gasteiger partial charge in [0.2, 0.25) is 0 Å². The third-order valence-electron chi connectivity index (χ3n) is 2.69. The van der Waals surface area contributed by atoms with Gasteiger partial charge >= 0.3 is 0 Å². The number of hydrogen-bond acceptors (Lipinski definition) is 2. The van der Waals surface area contributed by atoms with Crippen LogP contribution in [0, 0.1) is 11.9 Å². The van der Waals surface area contributed by atoms with E-state index in [1.54, 1.807) is 12.1 Å². The summed E-state index contributed by atoms with van der Waals surface area (Å²) < 4.78 is 13.9. The molecule has 2 rings (SSSR count). The molecule has 0 aliphatic rings. The van der Waals surface area contributed by atoms with Crippen LogP contribution in [-0.4, -0.2) is 0 Å². The second kappa shape index (κ2) is 5.08. The highest BCUT2D eigenvalue weighted by Crippen LogP contribution is 2.27. The van der Waals surface area contributed by atoms with E-state index in [9.17, 15) is 4.39 Å². The Morgan fingerprint density at radius 3 is 2.65 bits per heavy atom. The van der Waals surface area contributed by atoms with E-state index in [1.807, 2.05) is 18.2 Å². The molecule has 0 aromatic heterocycles. The molecule has 0 amide bonds. The minimum Gasteiger partial charge on any atom is -0.326 e. The van der Waals surface area contributed by atoms with Gasteiger partial charge in [0.05, 0.1) is 0 Å². The Labute approximate surface area is 100 Å². The zero-order valence-electron chi connectivity index (χ0n) is 9.41. The Morgan fingerprint density at radius 1 is 1.12 bits per heavy atom. The number of benzene rings is 2. The molecule has 2 nitrogen and oxygen atoms in total. The highest BCUT2D eigenvalue weighted by Gasteiger charge is 2.09. The Morgan fingerprint density at radius 2 is 1.94 bits per heavy atom. The van der Waals surface area contributed by atoms with Crippen molar-refractivity contribution in [3.8, 4) is 11.1 Å². The lowest BCUT2D eigenvalue weighted by molar-refractivity contribution is 0.629. The van der Waals surface area contributed by atoms with Crippen LogP contribution in [0.5, 0.6) is 0 Å². The molecule has 0 aliphatic heterocycles. The molecule has 0 saturated carbocycles. The van der Waals surface area contributed by atoms with Crippen molar-refractivity contribution in [3.05, 3.63) is 59.4 Å². The average Bonchev–Trinajstić information content (AvgIpc) is 2.38. The Balaban J connectivity index is 2.58. The molecule has 4 N–H and O–H groups in total. The lowest BCUT2D eigenvalue weighted by atomic mass is 9.97. The minimum absolute atomic E-state index is 0.262. The maximum atomic E-state index is 13.9. The van der Waals surface area contributed by atoms with E-state index in [4.69, 9.17) is 11.5 Å². The van der Waals surface area contributed by atoms with Gasteiger partial charge in [0.1, 0.15) is 5.82 Å². The maximum absolute atomic E-state index is 13.9. The zero-order chi connectivity index (χ0) is 12.3. The quantitative estimate of drug-likeness (QED) is 0.847. The number of rotatable bonds is 3. The fourth-order valence-corrected chi connectivity index (χ4v) is 1.85. The van der Waals surface area contributed by atoms with Crippen molar-refractivity contribution in [2.45, 2.75) is 13.1 Å². The van der Waals surface area contributed by atoms with E-state index in [1.165, 1.54) is 6.07 Å². The van der Waals surface area contributed by atoms with E-state index in [0.29, 0.717) is 18.7 Å². The first-order valence-electron chi connectivity index (χ1n) is 5.44. The molecule has 0 bridgehead atoms. The topological polar surface area (TPSA) is 52.0 Å². The third kappa shape index (κ3) is 2.35. The van der Waals surface area contributed by atoms with Crippen molar-refractivity contribution < 1.29 is 4.39 Å². The zero-order valence-corrected chi connectivity index (χ0v) is 9.41. The third-order valence-corrected chi connectivity index (χ3v) is 2.69. The molecular formula is C14H14FN2. The van der Waals surface area contributed by atoms with Crippen LogP contribution in [0.1, 0.15) is 11.1 Å². The molecule has 87 valence electrons. The van der Waals surface area contributed by atoms with Gasteiger partial charge in [0.25, 0.3) is 0 Å². The van der Waals surface area contributed by atoms with Gasteiger partial charge in [-0.2, -0.15) is 0 Å². The van der Waals surface area contributed by atoms with Gasteiger partial charge in [-0.25, -0.2) is 4.39 Å². The van der Waals surface area contributed by atoms with Crippen LogP contribution in [0.3, 0.4) is 0 Å². The van der Waals surface area contributed by atoms with Gasteiger partial charge in [-0.1, -0.05) is 24.3 Å². The Bertz CT molecular complexity index is 523. The number of hydrogen-bond donors (Lipinski definition) is 2. The van der Waals surface area contributed by atoms with Gasteiger partial charge in [-0.05, 0) is 34.9 Å². The van der Waals surface area contributed by atoms with Gasteiger partial charge in [-0.15, -0.1) is 0 Å². The van der Waals surface area contributed by atoms with Crippen LogP contribution < -0.4 is 11.5 Å². The molecule has 17 heavy (non-hydrogen) atoms. The van der Waals surface area contributed by atoms with E-state index in [-0.39, 0.29) is 5.82 Å². The van der Waals surface area contributed by atoms with Crippen LogP contribution in [0.2, 0.25) is 0 Å². The summed E-state index contributed by atoms with van der Waals surface area (Å²) in [6.07, 6.45) is 0. The molecule has 0 fully saturated rings. The SMILES string of the molecule is NCc1[c]ccc(-c2c(F)cccc2CN)c1. The summed E-state index contributed by atoms with van der Waals surface area (Å²) in [6, 6.07) is 13.4. The standard InChI is InChI=1S/C14H14FN2/c15-13-6-2-5-12(9-17)14(13)11-4-1-3-10(7-11)8-16/h1-2,4-7H,8-9,16-17H2. The molecule has 0 atom stereocenters. The number of halogens is 1. The molecule has 0 spiro atoms. The first-order valence-corrected chi connectivity index (χ1v) is 5.44. The molecule has 2 aromatic carbocycles. The molecular weight excluding hydrogens is 215 g/mol. The first kappa shape index (κ1) is 11.8. The molecule has 2 aromatic rings. The van der Waals surface area contributed by atoms with Gasteiger partial charge < -0.3 is 11.5 Å². The molecule has 0 saturated heterocycles. The van der Waals surface area contributed by atoms with Crippen molar-refractivity contribution in [3.63, 3.8) is 0 Å². The summed E-state index contributed by atoms with van der Waals surface area (Å²) in [4.78, 5) is 0. The molecule has 0 heterocycles. The van der Waals surface area contributed by atoms with Crippen molar-refractivity contribution >= 4 is 0 Å². The van der Waals surface area contributed by atoms with E-state index >= 15 is 0 Å². The van der Waals surface area contributed by atoms with Crippen LogP contribution in [0.15, 0.2) is 36.4 Å². The Kier molecular flexibility index (Phi) is 3.52. The lowest BCUT2D eigenvalue weighted by Crippen LogP contribution is -2.02. The first-order chi connectivity index (χ1) is 8.26. The summed E-state index contributed by atoms with van der Waals surface area (Å²) in [7, 11) is 0. The molecule has 1 radical (unpaired) electrons. The predicted molar refractivity (Wildman–Crippen MR) is 66.5 cm³/mol. The summed E-state index contributed by atoms with van der Waals surface area (Å²) in [5.41, 5.74) is 14.2. The van der Waals surface area contributed by atoms with Crippen LogP contribution in [-0.2, 0) is 13.1 Å². The minimum atomic E-state index is -0.262. The highest BCUT2D eigenvalue weighted by atomic mass is 19.1. The van der Waals surface area contributed by atoms with Crippen LogP contribution >= 0.6 is 0 Å². The smallest absolute Gasteiger partial charge is 0.131 e. The summed E-state index contributed by atoms with van der Waals surface area (Å²) in [6.45, 7) is 0.698. The maximum Gasteiger partial charge on any atom is 0.131 e. The molecule has 0 unspecified atom stereocenters. The van der Waals surface area contributed by atoms with E-state index in [2.05, 4.69) is 6.07 Å². The second-order valence-electron chi connectivity index (χ2n) is 3.78. The predicted octanol–water partition coefficient (Wildman–Crippen LogP) is 2.21. The second-order valence-corrected chi connectivity index (χ2v) is 3.78. The van der Waals surface area contributed by atoms with Crippen molar-refractivity contribution in [1.29, 1.82) is 0 Å². The molecule has 0 aliphatic carbocycles. The van der Waals surface area contributed by atoms with Gasteiger partial charge in [0.15, 0.2) is 0 Å². The lowest BCUT2D eigenvalue weighted by Gasteiger charge is -2.10. The van der Waals surface area contributed by atoms with Crippen molar-refractivity contribution in [1.82, 2.24) is 0 Å². The van der Waals surface area contributed by atoms with Gasteiger partial charge in [-0.3, -0.25) is 0 Å². The van der Waals surface area contributed by atoms with E-state index in [0.717, 1.165) is 16.7 Å². The fourth-order valence-electron chi connectivity index (χ4n) is 1.85. The van der Waals surface area contributed by atoms with E-state index < -0.39 is 0 Å².